The van der Waals surface area contributed by atoms with Gasteiger partial charge in [0.1, 0.15) is 5.78 Å². The largest absolute Gasteiger partial charge is 0.330 e. The fraction of sp³-hybridized carbons (Fsp3) is 0.900. The predicted octanol–water partition coefficient (Wildman–Crippen LogP) is -0.0340. The minimum absolute atomic E-state index is 0.142. The van der Waals surface area contributed by atoms with E-state index in [-0.39, 0.29) is 11.7 Å². The Morgan fingerprint density at radius 1 is 1.50 bits per heavy atom. The Morgan fingerprint density at radius 3 is 2.75 bits per heavy atom. The van der Waals surface area contributed by atoms with Gasteiger partial charge in [-0.2, -0.15) is 0 Å². The number of hydrogen-bond donors (Lipinski definition) is 1. The van der Waals surface area contributed by atoms with Crippen molar-refractivity contribution in [2.24, 2.45) is 11.7 Å². The average Bonchev–Trinajstić information content (AvgIpc) is 2.17. The lowest BCUT2D eigenvalue weighted by Gasteiger charge is -2.30. The molecule has 1 aliphatic heterocycles. The van der Waals surface area contributed by atoms with Gasteiger partial charge in [-0.05, 0) is 25.3 Å². The maximum Gasteiger partial charge on any atom is 0.211 e. The lowest BCUT2D eigenvalue weighted by molar-refractivity contribution is -0.120. The monoisotopic (exact) mass is 248 g/mol. The molecular weight excluding hydrogens is 228 g/mol. The van der Waals surface area contributed by atoms with Crippen LogP contribution in [-0.4, -0.2) is 44.4 Å². The van der Waals surface area contributed by atoms with Gasteiger partial charge >= 0.3 is 0 Å². The van der Waals surface area contributed by atoms with E-state index in [1.54, 1.807) is 0 Å². The standard InChI is InChI=1S/C10H20N2O3S/c1-16(14,15)12-6-2-3-9(8-12)7-10(13)4-5-11/h9H,2-8,11H2,1H3. The summed E-state index contributed by atoms with van der Waals surface area (Å²) in [6, 6.07) is 0. The summed E-state index contributed by atoms with van der Waals surface area (Å²) in [7, 11) is -3.11. The zero-order valence-corrected chi connectivity index (χ0v) is 10.5. The maximum absolute atomic E-state index is 11.4. The van der Waals surface area contributed by atoms with Gasteiger partial charge in [-0.15, -0.1) is 0 Å². The van der Waals surface area contributed by atoms with E-state index < -0.39 is 10.0 Å². The van der Waals surface area contributed by atoms with Crippen molar-refractivity contribution in [1.29, 1.82) is 0 Å². The molecule has 0 amide bonds. The first-order valence-corrected chi connectivity index (χ1v) is 7.45. The lowest BCUT2D eigenvalue weighted by Crippen LogP contribution is -2.39. The van der Waals surface area contributed by atoms with Crippen LogP contribution in [0.1, 0.15) is 25.7 Å². The third-order valence-corrected chi connectivity index (χ3v) is 4.16. The number of nitrogens with zero attached hydrogens (tertiary/aromatic N) is 1. The Kier molecular flexibility index (Phi) is 4.89. The van der Waals surface area contributed by atoms with Crippen LogP contribution in [0.4, 0.5) is 0 Å². The first kappa shape index (κ1) is 13.6. The van der Waals surface area contributed by atoms with Crippen LogP contribution >= 0.6 is 0 Å². The van der Waals surface area contributed by atoms with Crippen molar-refractivity contribution in [3.8, 4) is 0 Å². The highest BCUT2D eigenvalue weighted by molar-refractivity contribution is 7.88. The van der Waals surface area contributed by atoms with Crippen LogP contribution in [0.3, 0.4) is 0 Å². The van der Waals surface area contributed by atoms with Crippen molar-refractivity contribution in [3.05, 3.63) is 0 Å². The smallest absolute Gasteiger partial charge is 0.211 e. The van der Waals surface area contributed by atoms with Crippen molar-refractivity contribution in [1.82, 2.24) is 4.31 Å². The molecule has 16 heavy (non-hydrogen) atoms. The van der Waals surface area contributed by atoms with Gasteiger partial charge in [-0.25, -0.2) is 12.7 Å². The highest BCUT2D eigenvalue weighted by Crippen LogP contribution is 2.21. The molecule has 0 spiro atoms. The van der Waals surface area contributed by atoms with E-state index in [2.05, 4.69) is 0 Å². The third-order valence-electron chi connectivity index (χ3n) is 2.89. The van der Waals surface area contributed by atoms with Gasteiger partial charge in [0.2, 0.25) is 10.0 Å². The first-order valence-electron chi connectivity index (χ1n) is 5.60. The highest BCUT2D eigenvalue weighted by atomic mass is 32.2. The summed E-state index contributed by atoms with van der Waals surface area (Å²) in [6.07, 6.45) is 3.85. The van der Waals surface area contributed by atoms with Crippen molar-refractivity contribution in [2.45, 2.75) is 25.7 Å². The number of rotatable bonds is 5. The number of hydrogen-bond acceptors (Lipinski definition) is 4. The second kappa shape index (κ2) is 5.75. The Morgan fingerprint density at radius 2 is 2.19 bits per heavy atom. The molecule has 1 fully saturated rings. The van der Waals surface area contributed by atoms with Crippen LogP contribution in [0.15, 0.2) is 0 Å². The maximum atomic E-state index is 11.4. The number of carbonyl (C=O) groups excluding carboxylic acids is 1. The van der Waals surface area contributed by atoms with E-state index in [0.29, 0.717) is 32.5 Å². The van der Waals surface area contributed by atoms with Gasteiger partial charge in [0.25, 0.3) is 0 Å². The molecule has 2 N–H and O–H groups in total. The van der Waals surface area contributed by atoms with Gasteiger partial charge in [0.05, 0.1) is 6.26 Å². The van der Waals surface area contributed by atoms with E-state index in [0.717, 1.165) is 12.8 Å². The van der Waals surface area contributed by atoms with Gasteiger partial charge in [0, 0.05) is 25.9 Å². The van der Waals surface area contributed by atoms with Crippen molar-refractivity contribution >= 4 is 15.8 Å². The van der Waals surface area contributed by atoms with Gasteiger partial charge in [-0.1, -0.05) is 0 Å². The molecule has 1 unspecified atom stereocenters. The lowest BCUT2D eigenvalue weighted by atomic mass is 9.93. The molecule has 1 atom stereocenters. The molecule has 1 heterocycles. The quantitative estimate of drug-likeness (QED) is 0.740. The molecule has 0 aromatic heterocycles. The summed E-state index contributed by atoms with van der Waals surface area (Å²) in [6.45, 7) is 1.44. The first-order chi connectivity index (χ1) is 7.43. The summed E-state index contributed by atoms with van der Waals surface area (Å²) in [5.41, 5.74) is 5.30. The van der Waals surface area contributed by atoms with E-state index in [9.17, 15) is 13.2 Å². The molecule has 1 rings (SSSR count). The molecule has 5 nitrogen and oxygen atoms in total. The molecule has 0 aliphatic carbocycles. The van der Waals surface area contributed by atoms with Gasteiger partial charge in [0.15, 0.2) is 0 Å². The SMILES string of the molecule is CS(=O)(=O)N1CCCC(CC(=O)CCN)C1. The second-order valence-electron chi connectivity index (χ2n) is 4.41. The van der Waals surface area contributed by atoms with Crippen molar-refractivity contribution in [3.63, 3.8) is 0 Å². The molecule has 0 radical (unpaired) electrons. The zero-order chi connectivity index (χ0) is 12.2. The minimum atomic E-state index is -3.11. The molecule has 0 bridgehead atoms. The number of carbonyl (C=O) groups is 1. The number of sulfonamides is 1. The molecule has 0 saturated carbocycles. The van der Waals surface area contributed by atoms with Crippen LogP contribution < -0.4 is 5.73 Å². The predicted molar refractivity (Wildman–Crippen MR) is 62.4 cm³/mol. The van der Waals surface area contributed by atoms with Crippen LogP contribution in [0.5, 0.6) is 0 Å². The van der Waals surface area contributed by atoms with E-state index in [1.807, 2.05) is 0 Å². The minimum Gasteiger partial charge on any atom is -0.330 e. The Bertz CT molecular complexity index is 340. The summed E-state index contributed by atoms with van der Waals surface area (Å²) in [4.78, 5) is 11.4. The molecule has 0 aromatic carbocycles. The second-order valence-corrected chi connectivity index (χ2v) is 6.39. The summed E-state index contributed by atoms with van der Waals surface area (Å²) in [5, 5.41) is 0. The van der Waals surface area contributed by atoms with Crippen molar-refractivity contribution in [2.75, 3.05) is 25.9 Å². The van der Waals surface area contributed by atoms with Crippen LogP contribution in [0.25, 0.3) is 0 Å². The Labute approximate surface area is 97.0 Å². The van der Waals surface area contributed by atoms with E-state index in [1.165, 1.54) is 10.6 Å². The van der Waals surface area contributed by atoms with Gasteiger partial charge < -0.3 is 5.73 Å². The Balaban J connectivity index is 2.48. The normalized spacial score (nSPS) is 23.2. The van der Waals surface area contributed by atoms with Gasteiger partial charge in [-0.3, -0.25) is 4.79 Å². The molecule has 0 aromatic rings. The molecule has 1 saturated heterocycles. The summed E-state index contributed by atoms with van der Waals surface area (Å²) < 4.78 is 24.2. The molecule has 6 heteroatoms. The number of Topliss-reactive ketones (excluding diaryl/α,β-unsaturated/α-hetero) is 1. The molecular formula is C10H20N2O3S. The van der Waals surface area contributed by atoms with Crippen LogP contribution in [-0.2, 0) is 14.8 Å². The van der Waals surface area contributed by atoms with Crippen molar-refractivity contribution < 1.29 is 13.2 Å². The number of nitrogens with two attached hydrogens (primary N) is 1. The van der Waals surface area contributed by atoms with Crippen LogP contribution in [0.2, 0.25) is 0 Å². The zero-order valence-electron chi connectivity index (χ0n) is 9.68. The van der Waals surface area contributed by atoms with Crippen LogP contribution in [0, 0.1) is 5.92 Å². The fourth-order valence-electron chi connectivity index (χ4n) is 2.08. The topological polar surface area (TPSA) is 80.5 Å². The molecule has 1 aliphatic rings. The summed E-state index contributed by atoms with van der Waals surface area (Å²) in [5.74, 6) is 0.311. The third kappa shape index (κ3) is 4.19. The highest BCUT2D eigenvalue weighted by Gasteiger charge is 2.26. The molecule has 94 valence electrons. The van der Waals surface area contributed by atoms with E-state index >= 15 is 0 Å². The van der Waals surface area contributed by atoms with E-state index in [4.69, 9.17) is 5.73 Å². The number of ketones is 1. The average molecular weight is 248 g/mol. The summed E-state index contributed by atoms with van der Waals surface area (Å²) >= 11 is 0. The fourth-order valence-corrected chi connectivity index (χ4v) is 3.02. The number of piperidine rings is 1. The Hall–Kier alpha value is -0.460.